The van der Waals surface area contributed by atoms with E-state index in [9.17, 15) is 0 Å². The first kappa shape index (κ1) is 17.3. The second-order valence-electron chi connectivity index (χ2n) is 8.85. The van der Waals surface area contributed by atoms with Gasteiger partial charge in [-0.25, -0.2) is 0 Å². The third-order valence-corrected chi connectivity index (χ3v) is 6.04. The summed E-state index contributed by atoms with van der Waals surface area (Å²) in [5.74, 6) is 1.74. The first-order chi connectivity index (χ1) is 9.84. The smallest absolute Gasteiger partial charge is 0.0244 e. The van der Waals surface area contributed by atoms with Crippen molar-refractivity contribution >= 4 is 0 Å². The molecule has 2 fully saturated rings. The minimum absolute atomic E-state index is 0.360. The Kier molecular flexibility index (Phi) is 5.76. The summed E-state index contributed by atoms with van der Waals surface area (Å²) in [7, 11) is 0. The zero-order valence-electron chi connectivity index (χ0n) is 15.3. The van der Waals surface area contributed by atoms with Crippen molar-refractivity contribution in [2.45, 2.75) is 91.8 Å². The zero-order valence-corrected chi connectivity index (χ0v) is 15.3. The van der Waals surface area contributed by atoms with E-state index in [0.29, 0.717) is 11.5 Å². The van der Waals surface area contributed by atoms with Crippen molar-refractivity contribution < 1.29 is 0 Å². The van der Waals surface area contributed by atoms with E-state index in [4.69, 9.17) is 0 Å². The molecule has 1 heterocycles. The van der Waals surface area contributed by atoms with Gasteiger partial charge >= 0.3 is 0 Å². The van der Waals surface area contributed by atoms with Crippen LogP contribution in [0.25, 0.3) is 0 Å². The third-order valence-electron chi connectivity index (χ3n) is 6.04. The molecule has 0 aromatic heterocycles. The molecule has 0 amide bonds. The van der Waals surface area contributed by atoms with E-state index in [1.807, 2.05) is 0 Å². The molecule has 0 aromatic carbocycles. The molecule has 0 radical (unpaired) electrons. The van der Waals surface area contributed by atoms with Crippen LogP contribution in [0, 0.1) is 17.3 Å². The van der Waals surface area contributed by atoms with Crippen LogP contribution in [0.1, 0.15) is 73.6 Å². The summed E-state index contributed by atoms with van der Waals surface area (Å²) in [5, 5.41) is 3.83. The van der Waals surface area contributed by atoms with Crippen LogP contribution in [0.15, 0.2) is 0 Å². The summed E-state index contributed by atoms with van der Waals surface area (Å²) in [6.45, 7) is 16.8. The van der Waals surface area contributed by atoms with Gasteiger partial charge < -0.3 is 5.32 Å². The monoisotopic (exact) mass is 294 g/mol. The predicted octanol–water partition coefficient (Wildman–Crippen LogP) is 4.30. The lowest BCUT2D eigenvalue weighted by Gasteiger charge is -2.51. The number of hydrogen-bond acceptors (Lipinski definition) is 2. The van der Waals surface area contributed by atoms with Gasteiger partial charge in [-0.15, -0.1) is 0 Å². The maximum Gasteiger partial charge on any atom is 0.0244 e. The minimum atomic E-state index is 0.360. The van der Waals surface area contributed by atoms with Crippen molar-refractivity contribution in [1.82, 2.24) is 10.2 Å². The molecule has 124 valence electrons. The van der Waals surface area contributed by atoms with Gasteiger partial charge in [-0.2, -0.15) is 0 Å². The minimum Gasteiger partial charge on any atom is -0.311 e. The van der Waals surface area contributed by atoms with Crippen molar-refractivity contribution in [3.05, 3.63) is 0 Å². The summed E-state index contributed by atoms with van der Waals surface area (Å²) >= 11 is 0. The molecule has 4 unspecified atom stereocenters. The fraction of sp³-hybridized carbons (Fsp3) is 1.00. The van der Waals surface area contributed by atoms with Crippen LogP contribution in [0.4, 0.5) is 0 Å². The van der Waals surface area contributed by atoms with Crippen molar-refractivity contribution in [2.75, 3.05) is 13.1 Å². The third kappa shape index (κ3) is 4.01. The molecule has 2 nitrogen and oxygen atoms in total. The quantitative estimate of drug-likeness (QED) is 0.835. The Bertz CT molecular complexity index is 318. The zero-order chi connectivity index (χ0) is 15.6. The van der Waals surface area contributed by atoms with Crippen molar-refractivity contribution in [1.29, 1.82) is 0 Å². The fourth-order valence-electron chi connectivity index (χ4n) is 4.51. The Morgan fingerprint density at radius 2 is 1.81 bits per heavy atom. The van der Waals surface area contributed by atoms with Gasteiger partial charge in [0.2, 0.25) is 0 Å². The summed E-state index contributed by atoms with van der Waals surface area (Å²) in [6.07, 6.45) is 7.05. The molecule has 4 atom stereocenters. The van der Waals surface area contributed by atoms with Gasteiger partial charge in [-0.05, 0) is 36.5 Å². The van der Waals surface area contributed by atoms with Gasteiger partial charge in [0, 0.05) is 31.2 Å². The lowest BCUT2D eigenvalue weighted by Crippen LogP contribution is -2.64. The van der Waals surface area contributed by atoms with Crippen LogP contribution in [0.3, 0.4) is 0 Å². The van der Waals surface area contributed by atoms with Gasteiger partial charge in [0.1, 0.15) is 0 Å². The Hall–Kier alpha value is -0.0800. The summed E-state index contributed by atoms with van der Waals surface area (Å²) in [5.41, 5.74) is 0.360. The van der Waals surface area contributed by atoms with Crippen LogP contribution in [-0.4, -0.2) is 36.1 Å². The molecule has 2 heteroatoms. The first-order valence-corrected chi connectivity index (χ1v) is 9.33. The first-order valence-electron chi connectivity index (χ1n) is 9.33. The maximum absolute atomic E-state index is 3.83. The van der Waals surface area contributed by atoms with E-state index in [1.54, 1.807) is 0 Å². The Labute approximate surface area is 133 Å². The number of nitrogens with one attached hydrogen (secondary N) is 1. The molecule has 2 aliphatic rings. The van der Waals surface area contributed by atoms with Gasteiger partial charge in [-0.1, -0.05) is 54.4 Å². The Balaban J connectivity index is 2.15. The molecule has 0 spiro atoms. The lowest BCUT2D eigenvalue weighted by molar-refractivity contribution is -0.00209. The highest BCUT2D eigenvalue weighted by molar-refractivity contribution is 4.96. The van der Waals surface area contributed by atoms with Crippen molar-refractivity contribution in [3.63, 3.8) is 0 Å². The number of piperazine rings is 1. The van der Waals surface area contributed by atoms with E-state index in [-0.39, 0.29) is 0 Å². The normalized spacial score (nSPS) is 36.1. The molecule has 21 heavy (non-hydrogen) atoms. The van der Waals surface area contributed by atoms with Gasteiger partial charge in [0.05, 0.1) is 0 Å². The highest BCUT2D eigenvalue weighted by Crippen LogP contribution is 2.36. The molecular weight excluding hydrogens is 256 g/mol. The standard InChI is InChI=1S/C19H38N2/c1-7-15-12-20-18(19(4,5)6)13-21(15)17-11-9-8-10-16(17)14(2)3/h14-18,20H,7-13H2,1-6H3. The molecule has 1 saturated heterocycles. The summed E-state index contributed by atoms with van der Waals surface area (Å²) in [6, 6.07) is 2.21. The molecule has 2 rings (SSSR count). The molecule has 1 aliphatic carbocycles. The van der Waals surface area contributed by atoms with Gasteiger partial charge in [0.25, 0.3) is 0 Å². The average Bonchev–Trinajstić information content (AvgIpc) is 2.45. The van der Waals surface area contributed by atoms with E-state index >= 15 is 0 Å². The fourth-order valence-corrected chi connectivity index (χ4v) is 4.51. The van der Waals surface area contributed by atoms with Crippen LogP contribution >= 0.6 is 0 Å². The van der Waals surface area contributed by atoms with Gasteiger partial charge in [0.15, 0.2) is 0 Å². The van der Waals surface area contributed by atoms with Crippen molar-refractivity contribution in [2.24, 2.45) is 17.3 Å². The number of rotatable bonds is 3. The van der Waals surface area contributed by atoms with E-state index < -0.39 is 0 Å². The molecule has 1 N–H and O–H groups in total. The molecule has 1 saturated carbocycles. The summed E-state index contributed by atoms with van der Waals surface area (Å²) < 4.78 is 0. The predicted molar refractivity (Wildman–Crippen MR) is 92.6 cm³/mol. The van der Waals surface area contributed by atoms with Gasteiger partial charge in [-0.3, -0.25) is 4.90 Å². The summed E-state index contributed by atoms with van der Waals surface area (Å²) in [4.78, 5) is 2.91. The van der Waals surface area contributed by atoms with E-state index in [1.165, 1.54) is 45.2 Å². The largest absolute Gasteiger partial charge is 0.311 e. The Morgan fingerprint density at radius 3 is 2.38 bits per heavy atom. The van der Waals surface area contributed by atoms with E-state index in [2.05, 4.69) is 51.8 Å². The van der Waals surface area contributed by atoms with Crippen molar-refractivity contribution in [3.8, 4) is 0 Å². The van der Waals surface area contributed by atoms with Crippen LogP contribution in [-0.2, 0) is 0 Å². The Morgan fingerprint density at radius 1 is 1.14 bits per heavy atom. The van der Waals surface area contributed by atoms with Crippen LogP contribution in [0.5, 0.6) is 0 Å². The highest BCUT2D eigenvalue weighted by atomic mass is 15.3. The molecule has 0 bridgehead atoms. The highest BCUT2D eigenvalue weighted by Gasteiger charge is 2.40. The van der Waals surface area contributed by atoms with Crippen LogP contribution in [0.2, 0.25) is 0 Å². The number of nitrogens with zero attached hydrogens (tertiary/aromatic N) is 1. The topological polar surface area (TPSA) is 15.3 Å². The molecule has 1 aliphatic heterocycles. The molecule has 0 aromatic rings. The maximum atomic E-state index is 3.83. The lowest BCUT2D eigenvalue weighted by atomic mass is 9.75. The van der Waals surface area contributed by atoms with E-state index in [0.717, 1.165) is 23.9 Å². The second kappa shape index (κ2) is 7.00. The van der Waals surface area contributed by atoms with Crippen LogP contribution < -0.4 is 5.32 Å². The SMILES string of the molecule is CCC1CNC(C(C)(C)C)CN1C1CCCCC1C(C)C. The average molecular weight is 295 g/mol. The second-order valence-corrected chi connectivity index (χ2v) is 8.85. The molecular formula is C19H38N2. The number of hydrogen-bond donors (Lipinski definition) is 1.